The van der Waals surface area contributed by atoms with Gasteiger partial charge in [-0.3, -0.25) is 14.9 Å². The number of nitro groups is 1. The van der Waals surface area contributed by atoms with Crippen molar-refractivity contribution >= 4 is 17.2 Å². The van der Waals surface area contributed by atoms with E-state index in [1.165, 1.54) is 13.0 Å². The van der Waals surface area contributed by atoms with Crippen LogP contribution in [0.5, 0.6) is 0 Å². The van der Waals surface area contributed by atoms with Crippen molar-refractivity contribution in [3.63, 3.8) is 0 Å². The molecule has 6 nitrogen and oxygen atoms in total. The van der Waals surface area contributed by atoms with Gasteiger partial charge in [0.05, 0.1) is 11.0 Å². The molecule has 1 N–H and O–H groups in total. The zero-order valence-corrected chi connectivity index (χ0v) is 10.7. The second kappa shape index (κ2) is 7.11. The zero-order valence-electron chi connectivity index (χ0n) is 10.7. The molecule has 0 radical (unpaired) electrons. The van der Waals surface area contributed by atoms with Gasteiger partial charge in [-0.15, -0.1) is 0 Å². The molecule has 0 atom stereocenters. The third kappa shape index (κ3) is 4.39. The fraction of sp³-hybridized carbons (Fsp3) is 0.385. The number of unbranched alkanes of at least 4 members (excludes halogenated alkanes) is 2. The van der Waals surface area contributed by atoms with Crippen molar-refractivity contribution < 1.29 is 9.72 Å². The molecule has 0 amide bonds. The first-order valence-corrected chi connectivity index (χ1v) is 5.96. The number of hydrogen-bond acceptors (Lipinski definition) is 5. The van der Waals surface area contributed by atoms with Crippen LogP contribution in [-0.2, 0) is 0 Å². The molecular weight excluding hydrogens is 246 g/mol. The Morgan fingerprint density at radius 1 is 1.47 bits per heavy atom. The molecule has 0 aliphatic carbocycles. The van der Waals surface area contributed by atoms with Crippen molar-refractivity contribution in [2.24, 2.45) is 0 Å². The van der Waals surface area contributed by atoms with Crippen LogP contribution in [0.3, 0.4) is 0 Å². The number of nitrogens with one attached hydrogen (secondary N) is 1. The van der Waals surface area contributed by atoms with Gasteiger partial charge < -0.3 is 5.32 Å². The number of rotatable bonds is 7. The average molecular weight is 261 g/mol. The summed E-state index contributed by atoms with van der Waals surface area (Å²) < 4.78 is 0. The number of anilines is 1. The lowest BCUT2D eigenvalue weighted by Crippen LogP contribution is -2.05. The summed E-state index contributed by atoms with van der Waals surface area (Å²) in [6.07, 6.45) is 2.00. The van der Waals surface area contributed by atoms with Crippen molar-refractivity contribution in [1.82, 2.24) is 0 Å². The smallest absolute Gasteiger partial charge is 0.293 e. The van der Waals surface area contributed by atoms with Gasteiger partial charge in [0.25, 0.3) is 5.69 Å². The van der Waals surface area contributed by atoms with Gasteiger partial charge in [-0.05, 0) is 31.9 Å². The van der Waals surface area contributed by atoms with E-state index >= 15 is 0 Å². The third-order valence-corrected chi connectivity index (χ3v) is 2.63. The molecule has 0 saturated heterocycles. The number of benzene rings is 1. The largest absolute Gasteiger partial charge is 0.379 e. The number of carbonyl (C=O) groups is 1. The molecule has 100 valence electrons. The van der Waals surface area contributed by atoms with Crippen LogP contribution in [0.4, 0.5) is 11.4 Å². The lowest BCUT2D eigenvalue weighted by molar-refractivity contribution is -0.384. The summed E-state index contributed by atoms with van der Waals surface area (Å²) in [7, 11) is 0. The summed E-state index contributed by atoms with van der Waals surface area (Å²) in [6, 6.07) is 6.42. The third-order valence-electron chi connectivity index (χ3n) is 2.63. The number of carbonyl (C=O) groups excluding carboxylic acids is 1. The SMILES string of the molecule is CC(=O)c1ccc(NCCCCC#N)c([N+](=O)[O-])c1. The molecule has 0 saturated carbocycles. The minimum Gasteiger partial charge on any atom is -0.379 e. The number of nitrogens with zero attached hydrogens (tertiary/aromatic N) is 2. The van der Waals surface area contributed by atoms with Gasteiger partial charge in [0.2, 0.25) is 0 Å². The first-order chi connectivity index (χ1) is 9.06. The molecule has 0 heterocycles. The fourth-order valence-electron chi connectivity index (χ4n) is 1.60. The molecule has 0 aromatic heterocycles. The maximum absolute atomic E-state index is 11.2. The van der Waals surface area contributed by atoms with Gasteiger partial charge in [0.1, 0.15) is 5.69 Å². The van der Waals surface area contributed by atoms with Gasteiger partial charge in [-0.2, -0.15) is 5.26 Å². The molecule has 6 heteroatoms. The molecule has 1 aromatic carbocycles. The lowest BCUT2D eigenvalue weighted by atomic mass is 10.1. The van der Waals surface area contributed by atoms with Gasteiger partial charge in [0.15, 0.2) is 5.78 Å². The Labute approximate surface area is 111 Å². The van der Waals surface area contributed by atoms with E-state index in [4.69, 9.17) is 5.26 Å². The van der Waals surface area contributed by atoms with Gasteiger partial charge in [-0.1, -0.05) is 0 Å². The quantitative estimate of drug-likeness (QED) is 0.352. The standard InChI is InChI=1S/C13H15N3O3/c1-10(17)11-5-6-12(13(9-11)16(18)19)15-8-4-2-3-7-14/h5-6,9,15H,2-4,8H2,1H3. The Hall–Kier alpha value is -2.42. The Morgan fingerprint density at radius 2 is 2.21 bits per heavy atom. The Balaban J connectivity index is 2.75. The summed E-state index contributed by atoms with van der Waals surface area (Å²) in [4.78, 5) is 21.6. The predicted molar refractivity (Wildman–Crippen MR) is 71.1 cm³/mol. The van der Waals surface area contributed by atoms with E-state index in [-0.39, 0.29) is 11.5 Å². The zero-order chi connectivity index (χ0) is 14.3. The van der Waals surface area contributed by atoms with Crippen molar-refractivity contribution in [2.45, 2.75) is 26.2 Å². The van der Waals surface area contributed by atoms with Crippen molar-refractivity contribution in [1.29, 1.82) is 5.26 Å². The minimum absolute atomic E-state index is 0.104. The molecule has 0 bridgehead atoms. The molecule has 0 spiro atoms. The molecule has 0 unspecified atom stereocenters. The summed E-state index contributed by atoms with van der Waals surface area (Å²) >= 11 is 0. The van der Waals surface area contributed by atoms with E-state index in [1.807, 2.05) is 6.07 Å². The number of ketones is 1. The number of Topliss-reactive ketones (excluding diaryl/α,β-unsaturated/α-hetero) is 1. The molecule has 0 aliphatic rings. The highest BCUT2D eigenvalue weighted by molar-refractivity contribution is 5.95. The summed E-state index contributed by atoms with van der Waals surface area (Å²) in [6.45, 7) is 1.93. The fourth-order valence-corrected chi connectivity index (χ4v) is 1.60. The number of nitriles is 1. The van der Waals surface area contributed by atoms with Crippen LogP contribution < -0.4 is 5.32 Å². The summed E-state index contributed by atoms with van der Waals surface area (Å²) in [5.74, 6) is -0.205. The van der Waals surface area contributed by atoms with Gasteiger partial charge in [-0.25, -0.2) is 0 Å². The number of nitro benzene ring substituents is 1. The predicted octanol–water partition coefficient (Wildman–Crippen LogP) is 2.90. The van der Waals surface area contributed by atoms with Crippen LogP contribution in [0.25, 0.3) is 0 Å². The topological polar surface area (TPSA) is 96.0 Å². The van der Waals surface area contributed by atoms with Crippen molar-refractivity contribution in [2.75, 3.05) is 11.9 Å². The second-order valence-corrected chi connectivity index (χ2v) is 4.09. The molecule has 0 fully saturated rings. The van der Waals surface area contributed by atoms with E-state index in [0.717, 1.165) is 12.8 Å². The number of hydrogen-bond donors (Lipinski definition) is 1. The maximum atomic E-state index is 11.2. The van der Waals surface area contributed by atoms with E-state index in [1.54, 1.807) is 12.1 Å². The van der Waals surface area contributed by atoms with E-state index < -0.39 is 4.92 Å². The van der Waals surface area contributed by atoms with Gasteiger partial charge >= 0.3 is 0 Å². The Morgan fingerprint density at radius 3 is 2.79 bits per heavy atom. The first kappa shape index (κ1) is 14.6. The monoisotopic (exact) mass is 261 g/mol. The normalized spacial score (nSPS) is 9.68. The van der Waals surface area contributed by atoms with Crippen LogP contribution in [-0.4, -0.2) is 17.3 Å². The summed E-state index contributed by atoms with van der Waals surface area (Å²) in [5.41, 5.74) is 0.613. The highest BCUT2D eigenvalue weighted by Crippen LogP contribution is 2.25. The first-order valence-electron chi connectivity index (χ1n) is 5.96. The minimum atomic E-state index is -0.510. The molecule has 0 aliphatic heterocycles. The Kier molecular flexibility index (Phi) is 5.48. The molecular formula is C13H15N3O3. The highest BCUT2D eigenvalue weighted by atomic mass is 16.6. The average Bonchev–Trinajstić information content (AvgIpc) is 2.38. The molecule has 1 aromatic rings. The van der Waals surface area contributed by atoms with Crippen LogP contribution >= 0.6 is 0 Å². The van der Waals surface area contributed by atoms with Crippen LogP contribution in [0.1, 0.15) is 36.5 Å². The van der Waals surface area contributed by atoms with Crippen LogP contribution in [0, 0.1) is 21.4 Å². The van der Waals surface area contributed by atoms with Crippen LogP contribution in [0.2, 0.25) is 0 Å². The molecule has 19 heavy (non-hydrogen) atoms. The second-order valence-electron chi connectivity index (χ2n) is 4.09. The van der Waals surface area contributed by atoms with Crippen molar-refractivity contribution in [3.05, 3.63) is 33.9 Å². The Bertz CT molecular complexity index is 520. The lowest BCUT2D eigenvalue weighted by Gasteiger charge is -2.07. The van der Waals surface area contributed by atoms with Crippen molar-refractivity contribution in [3.8, 4) is 6.07 Å². The van der Waals surface area contributed by atoms with E-state index in [9.17, 15) is 14.9 Å². The van der Waals surface area contributed by atoms with E-state index in [0.29, 0.717) is 24.2 Å². The van der Waals surface area contributed by atoms with Gasteiger partial charge in [0, 0.05) is 24.6 Å². The van der Waals surface area contributed by atoms with Crippen LogP contribution in [0.15, 0.2) is 18.2 Å². The van der Waals surface area contributed by atoms with E-state index in [2.05, 4.69) is 5.32 Å². The highest BCUT2D eigenvalue weighted by Gasteiger charge is 2.15. The molecule has 1 rings (SSSR count). The maximum Gasteiger partial charge on any atom is 0.293 e. The summed E-state index contributed by atoms with van der Waals surface area (Å²) in [5, 5.41) is 22.3.